The minimum atomic E-state index is -0.152. The van der Waals surface area contributed by atoms with Gasteiger partial charge in [0.25, 0.3) is 0 Å². The van der Waals surface area contributed by atoms with Crippen LogP contribution in [0.15, 0.2) is 16.6 Å². The number of nitrogens with two attached hydrogens (primary N) is 1. The van der Waals surface area contributed by atoms with Gasteiger partial charge in [0.2, 0.25) is 0 Å². The predicted octanol–water partition coefficient (Wildman–Crippen LogP) is 3.69. The molecule has 0 bridgehead atoms. The van der Waals surface area contributed by atoms with Crippen molar-refractivity contribution in [2.75, 3.05) is 6.61 Å². The fraction of sp³-hybridized carbons (Fsp3) is 0.600. The Balaban J connectivity index is 2.35. The molecule has 0 saturated carbocycles. The summed E-state index contributed by atoms with van der Waals surface area (Å²) < 4.78 is 6.91. The second kappa shape index (κ2) is 5.22. The Morgan fingerprint density at radius 2 is 2.17 bits per heavy atom. The van der Waals surface area contributed by atoms with Gasteiger partial charge in [0.15, 0.2) is 0 Å². The van der Waals surface area contributed by atoms with E-state index in [0.29, 0.717) is 5.92 Å². The molecule has 1 aromatic carbocycles. The highest BCUT2D eigenvalue weighted by Gasteiger charge is 2.30. The molecular formula is C15H22BrNO. The van der Waals surface area contributed by atoms with Crippen molar-refractivity contribution >= 4 is 15.9 Å². The van der Waals surface area contributed by atoms with Gasteiger partial charge in [-0.3, -0.25) is 0 Å². The first-order valence-electron chi connectivity index (χ1n) is 6.69. The average Bonchev–Trinajstić information content (AvgIpc) is 2.76. The van der Waals surface area contributed by atoms with Gasteiger partial charge in [0.1, 0.15) is 5.75 Å². The second-order valence-corrected chi connectivity index (χ2v) is 6.49. The molecule has 0 fully saturated rings. The van der Waals surface area contributed by atoms with Crippen LogP contribution in [0, 0.1) is 5.92 Å². The van der Waals surface area contributed by atoms with Crippen LogP contribution in [0.25, 0.3) is 0 Å². The van der Waals surface area contributed by atoms with Crippen LogP contribution in [0.1, 0.15) is 38.3 Å². The number of hydrogen-bond acceptors (Lipinski definition) is 2. The molecule has 1 aliphatic heterocycles. The Labute approximate surface area is 118 Å². The summed E-state index contributed by atoms with van der Waals surface area (Å²) in [5.74, 6) is 1.53. The minimum Gasteiger partial charge on any atom is -0.493 e. The topological polar surface area (TPSA) is 35.2 Å². The Morgan fingerprint density at radius 1 is 1.44 bits per heavy atom. The molecule has 2 rings (SSSR count). The zero-order chi connectivity index (χ0) is 13.3. The molecule has 1 unspecified atom stereocenters. The van der Waals surface area contributed by atoms with Crippen LogP contribution >= 0.6 is 15.9 Å². The van der Waals surface area contributed by atoms with Crippen molar-refractivity contribution < 1.29 is 4.74 Å². The molecule has 2 N–H and O–H groups in total. The smallest absolute Gasteiger partial charge is 0.125 e. The summed E-state index contributed by atoms with van der Waals surface area (Å²) in [5, 5.41) is 0. The molecule has 0 spiro atoms. The summed E-state index contributed by atoms with van der Waals surface area (Å²) in [4.78, 5) is 0. The molecule has 100 valence electrons. The molecule has 3 heteroatoms. The Morgan fingerprint density at radius 3 is 2.78 bits per heavy atom. The fourth-order valence-corrected chi connectivity index (χ4v) is 3.12. The van der Waals surface area contributed by atoms with Crippen LogP contribution < -0.4 is 10.5 Å². The highest BCUT2D eigenvalue weighted by Crippen LogP contribution is 2.36. The van der Waals surface area contributed by atoms with Gasteiger partial charge in [-0.2, -0.15) is 0 Å². The van der Waals surface area contributed by atoms with E-state index in [1.807, 2.05) is 0 Å². The number of benzene rings is 1. The summed E-state index contributed by atoms with van der Waals surface area (Å²) in [7, 11) is 0. The van der Waals surface area contributed by atoms with Crippen LogP contribution in [-0.4, -0.2) is 12.1 Å². The average molecular weight is 312 g/mol. The van der Waals surface area contributed by atoms with E-state index in [0.717, 1.165) is 36.1 Å². The molecule has 18 heavy (non-hydrogen) atoms. The molecule has 2 nitrogen and oxygen atoms in total. The van der Waals surface area contributed by atoms with Gasteiger partial charge in [0, 0.05) is 16.4 Å². The van der Waals surface area contributed by atoms with Crippen molar-refractivity contribution in [3.8, 4) is 5.75 Å². The number of ether oxygens (including phenoxy) is 1. The molecule has 1 atom stereocenters. The van der Waals surface area contributed by atoms with E-state index in [9.17, 15) is 0 Å². The van der Waals surface area contributed by atoms with Gasteiger partial charge in [-0.15, -0.1) is 0 Å². The lowest BCUT2D eigenvalue weighted by atomic mass is 9.79. The normalized spacial score (nSPS) is 17.4. The summed E-state index contributed by atoms with van der Waals surface area (Å²) in [6, 6.07) is 4.31. The van der Waals surface area contributed by atoms with Crippen molar-refractivity contribution in [1.29, 1.82) is 0 Å². The lowest BCUT2D eigenvalue weighted by Gasteiger charge is -2.33. The zero-order valence-electron chi connectivity index (χ0n) is 11.4. The van der Waals surface area contributed by atoms with Gasteiger partial charge < -0.3 is 10.5 Å². The van der Waals surface area contributed by atoms with Crippen LogP contribution in [-0.2, 0) is 12.8 Å². The summed E-state index contributed by atoms with van der Waals surface area (Å²) in [6.45, 7) is 7.36. The maximum absolute atomic E-state index is 6.55. The maximum atomic E-state index is 6.55. The first-order chi connectivity index (χ1) is 8.46. The van der Waals surface area contributed by atoms with Crippen LogP contribution in [0.3, 0.4) is 0 Å². The maximum Gasteiger partial charge on any atom is 0.125 e. The Bertz CT molecular complexity index is 444. The third-order valence-corrected chi connectivity index (χ3v) is 4.61. The Kier molecular flexibility index (Phi) is 4.02. The zero-order valence-corrected chi connectivity index (χ0v) is 13.0. The van der Waals surface area contributed by atoms with E-state index >= 15 is 0 Å². The third kappa shape index (κ3) is 2.57. The molecular weight excluding hydrogens is 290 g/mol. The first-order valence-corrected chi connectivity index (χ1v) is 7.48. The van der Waals surface area contributed by atoms with Crippen molar-refractivity contribution in [2.24, 2.45) is 11.7 Å². The second-order valence-electron chi connectivity index (χ2n) is 5.57. The van der Waals surface area contributed by atoms with E-state index in [-0.39, 0.29) is 5.54 Å². The molecule has 0 amide bonds. The highest BCUT2D eigenvalue weighted by molar-refractivity contribution is 9.10. The molecule has 0 aliphatic carbocycles. The Hall–Kier alpha value is -0.540. The highest BCUT2D eigenvalue weighted by atomic mass is 79.9. The van der Waals surface area contributed by atoms with Gasteiger partial charge in [-0.1, -0.05) is 36.7 Å². The monoisotopic (exact) mass is 311 g/mol. The molecule has 0 aromatic heterocycles. The number of fused-ring (bicyclic) bond motifs is 1. The summed E-state index contributed by atoms with van der Waals surface area (Å²) >= 11 is 3.59. The van der Waals surface area contributed by atoms with E-state index in [1.165, 1.54) is 11.1 Å². The van der Waals surface area contributed by atoms with E-state index in [1.54, 1.807) is 0 Å². The molecule has 0 radical (unpaired) electrons. The van der Waals surface area contributed by atoms with Crippen molar-refractivity contribution in [3.05, 3.63) is 27.7 Å². The van der Waals surface area contributed by atoms with Crippen LogP contribution in [0.5, 0.6) is 5.75 Å². The van der Waals surface area contributed by atoms with Crippen molar-refractivity contribution in [2.45, 2.75) is 45.6 Å². The fourth-order valence-electron chi connectivity index (χ4n) is 2.57. The van der Waals surface area contributed by atoms with Crippen LogP contribution in [0.2, 0.25) is 0 Å². The van der Waals surface area contributed by atoms with Gasteiger partial charge >= 0.3 is 0 Å². The molecule has 1 heterocycles. The number of rotatable bonds is 4. The summed E-state index contributed by atoms with van der Waals surface area (Å²) in [6.07, 6.45) is 2.86. The van der Waals surface area contributed by atoms with Gasteiger partial charge in [-0.05, 0) is 42.0 Å². The van der Waals surface area contributed by atoms with E-state index in [2.05, 4.69) is 48.8 Å². The number of halogens is 1. The lowest BCUT2D eigenvalue weighted by molar-refractivity contribution is 0.289. The SMILES string of the molecule is CCC(N)(Cc1cc(Br)cc2c1OCC2)C(C)C. The first kappa shape index (κ1) is 13.9. The van der Waals surface area contributed by atoms with Crippen molar-refractivity contribution in [3.63, 3.8) is 0 Å². The molecule has 1 aromatic rings. The quantitative estimate of drug-likeness (QED) is 0.920. The van der Waals surface area contributed by atoms with E-state index < -0.39 is 0 Å². The third-order valence-electron chi connectivity index (χ3n) is 4.15. The molecule has 0 saturated heterocycles. The standard InChI is InChI=1S/C15H22BrNO/c1-4-15(17,10(2)3)9-12-8-13(16)7-11-5-6-18-14(11)12/h7-8,10H,4-6,9,17H2,1-3H3. The summed E-state index contributed by atoms with van der Waals surface area (Å²) in [5.41, 5.74) is 8.95. The largest absolute Gasteiger partial charge is 0.493 e. The lowest BCUT2D eigenvalue weighted by Crippen LogP contribution is -2.46. The minimum absolute atomic E-state index is 0.152. The predicted molar refractivity (Wildman–Crippen MR) is 79.1 cm³/mol. The van der Waals surface area contributed by atoms with Crippen LogP contribution in [0.4, 0.5) is 0 Å². The van der Waals surface area contributed by atoms with Crippen molar-refractivity contribution in [1.82, 2.24) is 0 Å². The number of hydrogen-bond donors (Lipinski definition) is 1. The molecule has 1 aliphatic rings. The van der Waals surface area contributed by atoms with Gasteiger partial charge in [-0.25, -0.2) is 0 Å². The van der Waals surface area contributed by atoms with E-state index in [4.69, 9.17) is 10.5 Å². The van der Waals surface area contributed by atoms with Gasteiger partial charge in [0.05, 0.1) is 6.61 Å².